The van der Waals surface area contributed by atoms with Crippen LogP contribution < -0.4 is 25.0 Å². The van der Waals surface area contributed by atoms with E-state index in [1.54, 1.807) is 37.4 Å². The molecule has 0 spiro atoms. The van der Waals surface area contributed by atoms with Gasteiger partial charge >= 0.3 is 6.18 Å². The number of hydrogen-bond acceptors (Lipinski definition) is 12. The summed E-state index contributed by atoms with van der Waals surface area (Å²) in [7, 11) is 2.94. The number of likely N-dealkylation sites (tertiary alicyclic amines) is 1. The van der Waals surface area contributed by atoms with E-state index in [9.17, 15) is 37.1 Å². The van der Waals surface area contributed by atoms with Crippen LogP contribution in [0.1, 0.15) is 67.0 Å². The molecule has 1 unspecified atom stereocenters. The third-order valence-electron chi connectivity index (χ3n) is 11.7. The van der Waals surface area contributed by atoms with Crippen LogP contribution in [-0.4, -0.2) is 106 Å². The Balaban J connectivity index is 0.861. The van der Waals surface area contributed by atoms with Crippen LogP contribution in [0.25, 0.3) is 0 Å². The number of carbonyl (C=O) groups excluding carboxylic acids is 5. The lowest BCUT2D eigenvalue weighted by Crippen LogP contribution is -2.54. The molecule has 0 radical (unpaired) electrons. The molecule has 1 aromatic heterocycles. The first-order valence-electron chi connectivity index (χ1n) is 19.2. The van der Waals surface area contributed by atoms with E-state index in [2.05, 4.69) is 30.4 Å². The Morgan fingerprint density at radius 3 is 2.48 bits per heavy atom. The van der Waals surface area contributed by atoms with Crippen LogP contribution in [0.15, 0.2) is 54.7 Å². The molecule has 9 rings (SSSR count). The number of imide groups is 2. The van der Waals surface area contributed by atoms with Crippen LogP contribution in [-0.2, 0) is 28.7 Å². The van der Waals surface area contributed by atoms with Crippen LogP contribution in [0.4, 0.5) is 34.9 Å². The van der Waals surface area contributed by atoms with E-state index < -0.39 is 59.0 Å². The average molecular weight is 829 g/mol. The Morgan fingerprint density at radius 2 is 1.75 bits per heavy atom. The number of ether oxygens (including phenoxy) is 2. The fraction of sp³-hybridized carbons (Fsp3) is 0.341. The highest BCUT2D eigenvalue weighted by molar-refractivity contribution is 6.23. The molecule has 310 valence electrons. The van der Waals surface area contributed by atoms with Crippen LogP contribution in [0.2, 0.25) is 0 Å². The number of benzene rings is 3. The van der Waals surface area contributed by atoms with Crippen molar-refractivity contribution in [2.75, 3.05) is 44.0 Å². The van der Waals surface area contributed by atoms with Crippen molar-refractivity contribution in [2.45, 2.75) is 56.5 Å². The normalized spacial score (nSPS) is 21.2. The second-order valence-electron chi connectivity index (χ2n) is 15.4. The highest BCUT2D eigenvalue weighted by atomic mass is 19.4. The van der Waals surface area contributed by atoms with E-state index in [0.717, 1.165) is 23.1 Å². The van der Waals surface area contributed by atoms with Gasteiger partial charge in [0.15, 0.2) is 0 Å². The first-order valence-corrected chi connectivity index (χ1v) is 19.2. The monoisotopic (exact) mass is 828 g/mol. The number of fused-ring (bicyclic) bond motifs is 4. The quantitative estimate of drug-likeness (QED) is 0.168. The molecule has 3 fully saturated rings. The minimum atomic E-state index is -4.89. The number of alkyl halides is 3. The smallest absolute Gasteiger partial charge is 0.423 e. The zero-order chi connectivity index (χ0) is 42.2. The van der Waals surface area contributed by atoms with Crippen molar-refractivity contribution >= 4 is 46.9 Å². The number of halogens is 4. The van der Waals surface area contributed by atoms with Gasteiger partial charge in [0.05, 0.1) is 29.5 Å². The second-order valence-corrected chi connectivity index (χ2v) is 15.4. The SMILES string of the molecule is COc1cc(CCN2C[C@@H]3C[C@H]2CN3c2ccc3c(c2)C(=O)N(C2CCC(=O)NC2=O)C3=O)c(F)cc1Nc1ncc(C(F)(F)F)c(Oc2cccc3c2C(=O)N(C)C3)n1. The highest BCUT2D eigenvalue weighted by Crippen LogP contribution is 2.41. The van der Waals surface area contributed by atoms with Crippen molar-refractivity contribution in [3.8, 4) is 17.4 Å². The number of nitrogens with one attached hydrogen (secondary N) is 2. The molecule has 60 heavy (non-hydrogen) atoms. The lowest BCUT2D eigenvalue weighted by atomic mass is 10.0. The molecule has 3 saturated heterocycles. The maximum atomic E-state index is 15.7. The van der Waals surface area contributed by atoms with E-state index in [-0.39, 0.29) is 71.3 Å². The molecule has 15 nitrogen and oxygen atoms in total. The molecule has 2 bridgehead atoms. The molecule has 0 saturated carbocycles. The molecular weight excluding hydrogens is 792 g/mol. The number of piperidine rings is 1. The molecule has 5 amide bonds. The summed E-state index contributed by atoms with van der Waals surface area (Å²) in [6.07, 6.45) is -3.08. The molecule has 5 aliphatic heterocycles. The van der Waals surface area contributed by atoms with Gasteiger partial charge in [-0.05, 0) is 60.7 Å². The van der Waals surface area contributed by atoms with Gasteiger partial charge in [0.25, 0.3) is 17.7 Å². The summed E-state index contributed by atoms with van der Waals surface area (Å²) in [5.41, 5.74) is 1.07. The van der Waals surface area contributed by atoms with Gasteiger partial charge in [-0.1, -0.05) is 12.1 Å². The van der Waals surface area contributed by atoms with Gasteiger partial charge in [0.2, 0.25) is 23.6 Å². The van der Waals surface area contributed by atoms with Gasteiger partial charge in [-0.3, -0.25) is 39.1 Å². The van der Waals surface area contributed by atoms with Gasteiger partial charge < -0.3 is 24.6 Å². The number of carbonyl (C=O) groups is 5. The second kappa shape index (κ2) is 14.6. The van der Waals surface area contributed by atoms with Crippen molar-refractivity contribution in [2.24, 2.45) is 0 Å². The summed E-state index contributed by atoms with van der Waals surface area (Å²) >= 11 is 0. The van der Waals surface area contributed by atoms with Crippen LogP contribution >= 0.6 is 0 Å². The van der Waals surface area contributed by atoms with E-state index >= 15 is 4.39 Å². The maximum Gasteiger partial charge on any atom is 0.423 e. The van der Waals surface area contributed by atoms with Gasteiger partial charge in [-0.15, -0.1) is 0 Å². The summed E-state index contributed by atoms with van der Waals surface area (Å²) in [5, 5.41) is 4.95. The predicted octanol–water partition coefficient (Wildman–Crippen LogP) is 4.67. The molecule has 6 heterocycles. The Labute approximate surface area is 339 Å². The summed E-state index contributed by atoms with van der Waals surface area (Å²) in [6.45, 7) is 2.09. The topological polar surface area (TPSA) is 167 Å². The zero-order valence-electron chi connectivity index (χ0n) is 32.1. The lowest BCUT2D eigenvalue weighted by molar-refractivity contribution is -0.139. The molecule has 2 N–H and O–H groups in total. The summed E-state index contributed by atoms with van der Waals surface area (Å²) in [4.78, 5) is 78.0. The summed E-state index contributed by atoms with van der Waals surface area (Å²) in [5.74, 6) is -4.31. The maximum absolute atomic E-state index is 15.7. The van der Waals surface area contributed by atoms with E-state index in [1.807, 2.05) is 0 Å². The number of aromatic nitrogens is 2. The minimum Gasteiger partial charge on any atom is -0.495 e. The van der Waals surface area contributed by atoms with Gasteiger partial charge in [-0.2, -0.15) is 18.2 Å². The van der Waals surface area contributed by atoms with Crippen molar-refractivity contribution < 1.29 is 51.0 Å². The molecule has 0 aliphatic carbocycles. The third-order valence-corrected chi connectivity index (χ3v) is 11.7. The van der Waals surface area contributed by atoms with Crippen LogP contribution in [0, 0.1) is 5.82 Å². The molecular formula is C41H36F4N8O7. The van der Waals surface area contributed by atoms with Gasteiger partial charge in [0, 0.05) is 69.7 Å². The van der Waals surface area contributed by atoms with E-state index in [4.69, 9.17) is 9.47 Å². The Bertz CT molecular complexity index is 2520. The number of piperazine rings is 1. The van der Waals surface area contributed by atoms with E-state index in [0.29, 0.717) is 43.4 Å². The molecule has 4 aromatic rings. The standard InChI is InChI=1S/C41H36F4N8O7/c1-50-17-21-4-3-5-31(34(21)39(50)58)60-36-27(41(43,44)45)16-46-40(49-36)47-29-15-28(42)20(12-32(29)59-2)10-11-51-18-24-13-23(51)19-52(24)22-6-7-25-26(14-22)38(57)53(37(25)56)30-8-9-33(54)48-35(30)55/h3-7,12,14-16,23-24,30H,8-11,13,17-19H2,1-2H3,(H,46,47,49)(H,48,54,55)/t23-,24-,30?/m0/s1. The van der Waals surface area contributed by atoms with Crippen molar-refractivity contribution in [1.82, 2.24) is 30.0 Å². The van der Waals surface area contributed by atoms with Gasteiger partial charge in [-0.25, -0.2) is 9.37 Å². The zero-order valence-corrected chi connectivity index (χ0v) is 32.1. The van der Waals surface area contributed by atoms with Crippen LogP contribution in [0.5, 0.6) is 17.4 Å². The fourth-order valence-electron chi connectivity index (χ4n) is 8.77. The fourth-order valence-corrected chi connectivity index (χ4v) is 8.77. The van der Waals surface area contributed by atoms with Crippen molar-refractivity contribution in [3.63, 3.8) is 0 Å². The third kappa shape index (κ3) is 6.71. The van der Waals surface area contributed by atoms with E-state index in [1.165, 1.54) is 24.1 Å². The number of rotatable bonds is 10. The number of anilines is 3. The first kappa shape index (κ1) is 38.9. The number of methoxy groups -OCH3 is 1. The molecule has 19 heteroatoms. The van der Waals surface area contributed by atoms with Crippen LogP contribution in [0.3, 0.4) is 0 Å². The lowest BCUT2D eigenvalue weighted by Gasteiger charge is -2.35. The van der Waals surface area contributed by atoms with Gasteiger partial charge in [0.1, 0.15) is 28.9 Å². The predicted molar refractivity (Wildman–Crippen MR) is 204 cm³/mol. The average Bonchev–Trinajstić information content (AvgIpc) is 3.95. The van der Waals surface area contributed by atoms with Crippen molar-refractivity contribution in [3.05, 3.63) is 93.9 Å². The molecule has 5 aliphatic rings. The number of nitrogens with zero attached hydrogens (tertiary/aromatic N) is 6. The Kier molecular flexibility index (Phi) is 9.44. The Morgan fingerprint density at radius 1 is 0.950 bits per heavy atom. The van der Waals surface area contributed by atoms with Crippen molar-refractivity contribution in [1.29, 1.82) is 0 Å². The minimum absolute atomic E-state index is 0.0328. The highest BCUT2D eigenvalue weighted by Gasteiger charge is 2.47. The Hall–Kier alpha value is -6.63. The largest absolute Gasteiger partial charge is 0.495 e. The first-order chi connectivity index (χ1) is 28.7. The number of hydrogen-bond donors (Lipinski definition) is 2. The molecule has 3 atom stereocenters. The number of amides is 5. The summed E-state index contributed by atoms with van der Waals surface area (Å²) in [6, 6.07) is 11.6. The summed E-state index contributed by atoms with van der Waals surface area (Å²) < 4.78 is 69.0. The molecule has 3 aromatic carbocycles.